The summed E-state index contributed by atoms with van der Waals surface area (Å²) in [5, 5.41) is 11.7. The van der Waals surface area contributed by atoms with Gasteiger partial charge in [-0.3, -0.25) is 4.79 Å². The van der Waals surface area contributed by atoms with Crippen LogP contribution in [0.3, 0.4) is 0 Å². The third-order valence-corrected chi connectivity index (χ3v) is 2.72. The van der Waals surface area contributed by atoms with E-state index in [2.05, 4.69) is 16.4 Å². The fourth-order valence-electron chi connectivity index (χ4n) is 1.74. The second kappa shape index (κ2) is 7.37. The summed E-state index contributed by atoms with van der Waals surface area (Å²) in [7, 11) is 0. The summed E-state index contributed by atoms with van der Waals surface area (Å²) in [5.74, 6) is 0.674. The number of hydrogen-bond donors (Lipinski definition) is 1. The number of nitrogens with zero attached hydrogens (tertiary/aromatic N) is 3. The van der Waals surface area contributed by atoms with Gasteiger partial charge in [-0.15, -0.1) is 0 Å². The van der Waals surface area contributed by atoms with Crippen molar-refractivity contribution in [2.45, 2.75) is 33.2 Å². The van der Waals surface area contributed by atoms with Crippen LogP contribution in [0.4, 0.5) is 5.82 Å². The minimum atomic E-state index is -0.0826. The molecule has 1 heterocycles. The van der Waals surface area contributed by atoms with Crippen molar-refractivity contribution in [2.24, 2.45) is 0 Å². The van der Waals surface area contributed by atoms with Gasteiger partial charge in [-0.05, 0) is 32.9 Å². The lowest BCUT2D eigenvalue weighted by molar-refractivity contribution is 0.0710. The minimum Gasteiger partial charge on any atom is -0.370 e. The molecule has 1 rings (SSSR count). The number of hydrogen-bond acceptors (Lipinski definition) is 4. The fraction of sp³-hybridized carbons (Fsp3) is 0.500. The summed E-state index contributed by atoms with van der Waals surface area (Å²) in [4.78, 5) is 18.2. The van der Waals surface area contributed by atoms with E-state index in [0.29, 0.717) is 18.5 Å². The summed E-state index contributed by atoms with van der Waals surface area (Å²) in [6.07, 6.45) is 1.91. The number of carbonyl (C=O) groups is 1. The van der Waals surface area contributed by atoms with Crippen molar-refractivity contribution in [1.29, 1.82) is 5.26 Å². The molecule has 0 unspecified atom stereocenters. The molecule has 0 bridgehead atoms. The van der Waals surface area contributed by atoms with Crippen LogP contribution in [0.5, 0.6) is 0 Å². The molecule has 0 atom stereocenters. The Bertz CT molecular complexity index is 448. The van der Waals surface area contributed by atoms with Crippen LogP contribution in [0.2, 0.25) is 0 Å². The third kappa shape index (κ3) is 4.25. The Hall–Kier alpha value is -2.09. The molecular weight excluding hydrogens is 240 g/mol. The van der Waals surface area contributed by atoms with Crippen LogP contribution in [0.25, 0.3) is 0 Å². The molecular formula is C14H20N4O. The number of anilines is 1. The van der Waals surface area contributed by atoms with E-state index in [4.69, 9.17) is 5.26 Å². The number of nitrogens with one attached hydrogen (secondary N) is 1. The normalized spacial score (nSPS) is 10.1. The van der Waals surface area contributed by atoms with Crippen molar-refractivity contribution < 1.29 is 4.79 Å². The van der Waals surface area contributed by atoms with E-state index in [0.717, 1.165) is 12.4 Å². The molecule has 1 aromatic rings. The highest BCUT2D eigenvalue weighted by Gasteiger charge is 2.18. The molecule has 0 fully saturated rings. The van der Waals surface area contributed by atoms with Gasteiger partial charge in [0.05, 0.1) is 18.1 Å². The number of pyridine rings is 1. The molecule has 0 aliphatic heterocycles. The van der Waals surface area contributed by atoms with Crippen molar-refractivity contribution in [3.8, 4) is 6.07 Å². The van der Waals surface area contributed by atoms with Gasteiger partial charge in [-0.25, -0.2) is 4.98 Å². The van der Waals surface area contributed by atoms with E-state index in [1.54, 1.807) is 23.2 Å². The topological polar surface area (TPSA) is 69.0 Å². The van der Waals surface area contributed by atoms with Crippen LogP contribution < -0.4 is 5.32 Å². The standard InChI is InChI=1S/C14H20N4O/c1-4-16-13-7-6-12(10-17-13)14(19)18(11(2)3)9-5-8-15/h6-7,10-11H,4-5,9H2,1-3H3,(H,16,17). The average molecular weight is 260 g/mol. The molecule has 0 radical (unpaired) electrons. The average Bonchev–Trinajstić information content (AvgIpc) is 2.40. The van der Waals surface area contributed by atoms with Crippen LogP contribution in [-0.4, -0.2) is 34.9 Å². The van der Waals surface area contributed by atoms with Crippen molar-refractivity contribution in [1.82, 2.24) is 9.88 Å². The van der Waals surface area contributed by atoms with Crippen LogP contribution in [-0.2, 0) is 0 Å². The van der Waals surface area contributed by atoms with Crippen LogP contribution in [0.15, 0.2) is 18.3 Å². The zero-order chi connectivity index (χ0) is 14.3. The zero-order valence-electron chi connectivity index (χ0n) is 11.7. The van der Waals surface area contributed by atoms with Crippen molar-refractivity contribution in [2.75, 3.05) is 18.4 Å². The Morgan fingerprint density at radius 3 is 2.74 bits per heavy atom. The predicted molar refractivity (Wildman–Crippen MR) is 74.8 cm³/mol. The van der Waals surface area contributed by atoms with Crippen LogP contribution in [0, 0.1) is 11.3 Å². The van der Waals surface area contributed by atoms with Crippen molar-refractivity contribution in [3.05, 3.63) is 23.9 Å². The molecule has 0 aliphatic rings. The molecule has 0 aliphatic carbocycles. The molecule has 0 spiro atoms. The van der Waals surface area contributed by atoms with Gasteiger partial charge in [0.1, 0.15) is 5.82 Å². The van der Waals surface area contributed by atoms with Crippen molar-refractivity contribution in [3.63, 3.8) is 0 Å². The maximum absolute atomic E-state index is 12.3. The first-order valence-corrected chi connectivity index (χ1v) is 6.48. The zero-order valence-corrected chi connectivity index (χ0v) is 11.7. The summed E-state index contributed by atoms with van der Waals surface area (Å²) in [6, 6.07) is 5.68. The van der Waals surface area contributed by atoms with Gasteiger partial charge in [-0.1, -0.05) is 0 Å². The van der Waals surface area contributed by atoms with Gasteiger partial charge < -0.3 is 10.2 Å². The monoisotopic (exact) mass is 260 g/mol. The number of rotatable bonds is 6. The predicted octanol–water partition coefficient (Wildman–Crippen LogP) is 2.28. The highest BCUT2D eigenvalue weighted by atomic mass is 16.2. The Morgan fingerprint density at radius 1 is 1.53 bits per heavy atom. The second-order valence-electron chi connectivity index (χ2n) is 4.46. The lowest BCUT2D eigenvalue weighted by Crippen LogP contribution is -2.37. The van der Waals surface area contributed by atoms with Gasteiger partial charge in [-0.2, -0.15) is 5.26 Å². The lowest BCUT2D eigenvalue weighted by atomic mass is 10.2. The van der Waals surface area contributed by atoms with Crippen LogP contribution in [0.1, 0.15) is 37.6 Å². The Kier molecular flexibility index (Phi) is 5.80. The van der Waals surface area contributed by atoms with Crippen molar-refractivity contribution >= 4 is 11.7 Å². The van der Waals surface area contributed by atoms with E-state index in [1.807, 2.05) is 20.8 Å². The van der Waals surface area contributed by atoms with E-state index < -0.39 is 0 Å². The van der Waals surface area contributed by atoms with Gasteiger partial charge in [0, 0.05) is 25.3 Å². The highest BCUT2D eigenvalue weighted by molar-refractivity contribution is 5.94. The Balaban J connectivity index is 2.81. The maximum Gasteiger partial charge on any atom is 0.255 e. The van der Waals surface area contributed by atoms with Gasteiger partial charge in [0.2, 0.25) is 0 Å². The Morgan fingerprint density at radius 2 is 2.26 bits per heavy atom. The second-order valence-corrected chi connectivity index (χ2v) is 4.46. The summed E-state index contributed by atoms with van der Waals surface area (Å²) in [5.41, 5.74) is 0.549. The Labute approximate surface area is 114 Å². The first-order valence-electron chi connectivity index (χ1n) is 6.48. The van der Waals surface area contributed by atoms with E-state index >= 15 is 0 Å². The molecule has 5 heteroatoms. The van der Waals surface area contributed by atoms with E-state index in [-0.39, 0.29) is 11.9 Å². The molecule has 1 amide bonds. The van der Waals surface area contributed by atoms with E-state index in [9.17, 15) is 4.79 Å². The number of aromatic nitrogens is 1. The molecule has 1 aromatic heterocycles. The molecule has 102 valence electrons. The van der Waals surface area contributed by atoms with Gasteiger partial charge in [0.15, 0.2) is 0 Å². The molecule has 5 nitrogen and oxygen atoms in total. The summed E-state index contributed by atoms with van der Waals surface area (Å²) < 4.78 is 0. The number of carbonyl (C=O) groups excluding carboxylic acids is 1. The summed E-state index contributed by atoms with van der Waals surface area (Å²) in [6.45, 7) is 7.11. The quantitative estimate of drug-likeness (QED) is 0.852. The number of nitriles is 1. The highest BCUT2D eigenvalue weighted by Crippen LogP contribution is 2.10. The minimum absolute atomic E-state index is 0.0642. The molecule has 1 N–H and O–H groups in total. The first kappa shape index (κ1) is 15.0. The first-order chi connectivity index (χ1) is 9.10. The maximum atomic E-state index is 12.3. The molecule has 0 saturated heterocycles. The fourth-order valence-corrected chi connectivity index (χ4v) is 1.74. The molecule has 0 aromatic carbocycles. The smallest absolute Gasteiger partial charge is 0.255 e. The summed E-state index contributed by atoms with van der Waals surface area (Å²) >= 11 is 0. The lowest BCUT2D eigenvalue weighted by Gasteiger charge is -2.25. The van der Waals surface area contributed by atoms with Gasteiger partial charge in [0.25, 0.3) is 5.91 Å². The van der Waals surface area contributed by atoms with E-state index in [1.165, 1.54) is 0 Å². The molecule has 19 heavy (non-hydrogen) atoms. The van der Waals surface area contributed by atoms with Crippen LogP contribution >= 0.6 is 0 Å². The largest absolute Gasteiger partial charge is 0.370 e. The number of amides is 1. The SMILES string of the molecule is CCNc1ccc(C(=O)N(CCC#N)C(C)C)cn1. The molecule has 0 saturated carbocycles. The van der Waals surface area contributed by atoms with Gasteiger partial charge >= 0.3 is 0 Å². The third-order valence-electron chi connectivity index (χ3n) is 2.72.